The molecule has 0 aliphatic rings. The van der Waals surface area contributed by atoms with Crippen molar-refractivity contribution in [3.8, 4) is 5.75 Å². The molecule has 0 amide bonds. The number of hydrogen-bond acceptors (Lipinski definition) is 6. The molecule has 0 aliphatic heterocycles. The average molecular weight is 272 g/mol. The summed E-state index contributed by atoms with van der Waals surface area (Å²) in [4.78, 5) is 30.5. The molecule has 102 valence electrons. The van der Waals surface area contributed by atoms with Gasteiger partial charge < -0.3 is 9.47 Å². The third-order valence-electron chi connectivity index (χ3n) is 2.48. The van der Waals surface area contributed by atoms with Gasteiger partial charge in [0.25, 0.3) is 0 Å². The lowest BCUT2D eigenvalue weighted by atomic mass is 10.1. The molecule has 6 nitrogen and oxygen atoms in total. The van der Waals surface area contributed by atoms with Crippen LogP contribution in [0.15, 0.2) is 42.9 Å². The van der Waals surface area contributed by atoms with E-state index in [9.17, 15) is 9.59 Å². The molecule has 0 unspecified atom stereocenters. The maximum atomic E-state index is 11.7. The second kappa shape index (κ2) is 6.42. The van der Waals surface area contributed by atoms with Crippen LogP contribution in [0, 0.1) is 0 Å². The standard InChI is InChI=1S/C14H12N2O4/c1-19-13(17)8-10-2-4-11(5-3-10)20-14(18)12-9-15-6-7-16-12/h2-7,9H,8H2,1H3. The lowest BCUT2D eigenvalue weighted by Gasteiger charge is -2.04. The van der Waals surface area contributed by atoms with Crippen molar-refractivity contribution in [1.29, 1.82) is 0 Å². The third-order valence-corrected chi connectivity index (χ3v) is 2.48. The number of esters is 2. The van der Waals surface area contributed by atoms with E-state index in [1.54, 1.807) is 24.3 Å². The highest BCUT2D eigenvalue weighted by atomic mass is 16.5. The highest BCUT2D eigenvalue weighted by Crippen LogP contribution is 2.14. The minimum atomic E-state index is -0.584. The van der Waals surface area contributed by atoms with Crippen molar-refractivity contribution in [1.82, 2.24) is 9.97 Å². The van der Waals surface area contributed by atoms with E-state index in [0.717, 1.165) is 5.56 Å². The van der Waals surface area contributed by atoms with Crippen LogP contribution in [0.1, 0.15) is 16.1 Å². The molecule has 0 N–H and O–H groups in total. The zero-order chi connectivity index (χ0) is 14.4. The van der Waals surface area contributed by atoms with Gasteiger partial charge in [0.15, 0.2) is 5.69 Å². The maximum Gasteiger partial charge on any atom is 0.363 e. The molecule has 0 fully saturated rings. The van der Waals surface area contributed by atoms with Crippen LogP contribution in [-0.2, 0) is 16.0 Å². The van der Waals surface area contributed by atoms with E-state index in [2.05, 4.69) is 14.7 Å². The molecule has 0 atom stereocenters. The van der Waals surface area contributed by atoms with Crippen LogP contribution < -0.4 is 4.74 Å². The van der Waals surface area contributed by atoms with Crippen molar-refractivity contribution in [2.45, 2.75) is 6.42 Å². The van der Waals surface area contributed by atoms with E-state index >= 15 is 0 Å². The van der Waals surface area contributed by atoms with Crippen LogP contribution in [0.3, 0.4) is 0 Å². The van der Waals surface area contributed by atoms with E-state index in [4.69, 9.17) is 4.74 Å². The molecule has 0 aliphatic carbocycles. The van der Waals surface area contributed by atoms with Gasteiger partial charge in [-0.2, -0.15) is 0 Å². The molecule has 0 spiro atoms. The summed E-state index contributed by atoms with van der Waals surface area (Å²) in [6.07, 6.45) is 4.39. The van der Waals surface area contributed by atoms with Crippen LogP contribution in [0.2, 0.25) is 0 Å². The third kappa shape index (κ3) is 3.61. The number of carbonyl (C=O) groups excluding carboxylic acids is 2. The molecule has 2 aromatic rings. The summed E-state index contributed by atoms with van der Waals surface area (Å²) < 4.78 is 9.70. The molecular formula is C14H12N2O4. The molecule has 0 saturated carbocycles. The highest BCUT2D eigenvalue weighted by Gasteiger charge is 2.10. The van der Waals surface area contributed by atoms with Crippen molar-refractivity contribution in [3.63, 3.8) is 0 Å². The number of hydrogen-bond donors (Lipinski definition) is 0. The summed E-state index contributed by atoms with van der Waals surface area (Å²) in [5.74, 6) is -0.539. The Morgan fingerprint density at radius 2 is 1.90 bits per heavy atom. The Bertz CT molecular complexity index is 596. The van der Waals surface area contributed by atoms with E-state index < -0.39 is 5.97 Å². The van der Waals surface area contributed by atoms with Gasteiger partial charge in [-0.25, -0.2) is 9.78 Å². The number of aromatic nitrogens is 2. The maximum absolute atomic E-state index is 11.7. The van der Waals surface area contributed by atoms with Gasteiger partial charge in [-0.3, -0.25) is 9.78 Å². The van der Waals surface area contributed by atoms with E-state index in [0.29, 0.717) is 5.75 Å². The van der Waals surface area contributed by atoms with Crippen LogP contribution in [0.25, 0.3) is 0 Å². The molecule has 0 radical (unpaired) electrons. The van der Waals surface area contributed by atoms with Gasteiger partial charge in [0, 0.05) is 12.4 Å². The molecule has 0 bridgehead atoms. The van der Waals surface area contributed by atoms with Crippen LogP contribution in [0.4, 0.5) is 0 Å². The molecule has 2 rings (SSSR count). The number of ether oxygens (including phenoxy) is 2. The topological polar surface area (TPSA) is 78.4 Å². The minimum Gasteiger partial charge on any atom is -0.469 e. The van der Waals surface area contributed by atoms with Crippen molar-refractivity contribution in [2.24, 2.45) is 0 Å². The fraction of sp³-hybridized carbons (Fsp3) is 0.143. The first-order valence-corrected chi connectivity index (χ1v) is 5.83. The molecule has 1 aromatic carbocycles. The molecule has 20 heavy (non-hydrogen) atoms. The summed E-state index contributed by atoms with van der Waals surface area (Å²) in [5, 5.41) is 0. The second-order valence-corrected chi connectivity index (χ2v) is 3.88. The summed E-state index contributed by atoms with van der Waals surface area (Å²) in [6, 6.07) is 6.59. The summed E-state index contributed by atoms with van der Waals surface area (Å²) >= 11 is 0. The summed E-state index contributed by atoms with van der Waals surface area (Å²) in [6.45, 7) is 0. The monoisotopic (exact) mass is 272 g/mol. The Morgan fingerprint density at radius 1 is 1.15 bits per heavy atom. The predicted octanol–water partition coefficient (Wildman–Crippen LogP) is 1.41. The van der Waals surface area contributed by atoms with Crippen molar-refractivity contribution in [2.75, 3.05) is 7.11 Å². The molecule has 1 aromatic heterocycles. The van der Waals surface area contributed by atoms with Crippen molar-refractivity contribution < 1.29 is 19.1 Å². The number of rotatable bonds is 4. The predicted molar refractivity (Wildman–Crippen MR) is 69.2 cm³/mol. The Hall–Kier alpha value is -2.76. The quantitative estimate of drug-likeness (QED) is 0.618. The van der Waals surface area contributed by atoms with Crippen LogP contribution in [-0.4, -0.2) is 29.0 Å². The first kappa shape index (κ1) is 13.7. The SMILES string of the molecule is COC(=O)Cc1ccc(OC(=O)c2cnccn2)cc1. The van der Waals surface area contributed by atoms with Crippen molar-refractivity contribution in [3.05, 3.63) is 54.1 Å². The molecule has 6 heteroatoms. The van der Waals surface area contributed by atoms with E-state index in [-0.39, 0.29) is 18.1 Å². The number of methoxy groups -OCH3 is 1. The fourth-order valence-corrected chi connectivity index (χ4v) is 1.48. The van der Waals surface area contributed by atoms with E-state index in [1.165, 1.54) is 25.7 Å². The normalized spacial score (nSPS) is 9.85. The van der Waals surface area contributed by atoms with Gasteiger partial charge in [0.05, 0.1) is 19.7 Å². The summed E-state index contributed by atoms with van der Waals surface area (Å²) in [7, 11) is 1.33. The zero-order valence-electron chi connectivity index (χ0n) is 10.8. The van der Waals surface area contributed by atoms with Crippen LogP contribution in [0.5, 0.6) is 5.75 Å². The van der Waals surface area contributed by atoms with Crippen LogP contribution >= 0.6 is 0 Å². The Labute approximate surface area is 115 Å². The number of benzene rings is 1. The minimum absolute atomic E-state index is 0.131. The Balaban J connectivity index is 2.00. The highest BCUT2D eigenvalue weighted by molar-refractivity contribution is 5.88. The summed E-state index contributed by atoms with van der Waals surface area (Å²) in [5.41, 5.74) is 0.905. The smallest absolute Gasteiger partial charge is 0.363 e. The second-order valence-electron chi connectivity index (χ2n) is 3.88. The van der Waals surface area contributed by atoms with Gasteiger partial charge in [-0.15, -0.1) is 0 Å². The lowest BCUT2D eigenvalue weighted by Crippen LogP contribution is -2.10. The fourth-order valence-electron chi connectivity index (χ4n) is 1.48. The zero-order valence-corrected chi connectivity index (χ0v) is 10.8. The van der Waals surface area contributed by atoms with Gasteiger partial charge in [-0.1, -0.05) is 12.1 Å². The molecular weight excluding hydrogens is 260 g/mol. The van der Waals surface area contributed by atoms with Gasteiger partial charge in [0.2, 0.25) is 0 Å². The van der Waals surface area contributed by atoms with Gasteiger partial charge >= 0.3 is 11.9 Å². The van der Waals surface area contributed by atoms with Gasteiger partial charge in [-0.05, 0) is 17.7 Å². The Morgan fingerprint density at radius 3 is 2.50 bits per heavy atom. The molecule has 1 heterocycles. The average Bonchev–Trinajstić information content (AvgIpc) is 2.50. The first-order chi connectivity index (χ1) is 9.69. The van der Waals surface area contributed by atoms with Gasteiger partial charge in [0.1, 0.15) is 5.75 Å². The first-order valence-electron chi connectivity index (χ1n) is 5.83. The van der Waals surface area contributed by atoms with Crippen molar-refractivity contribution >= 4 is 11.9 Å². The number of nitrogens with zero attached hydrogens (tertiary/aromatic N) is 2. The Kier molecular flexibility index (Phi) is 4.39. The largest absolute Gasteiger partial charge is 0.469 e. The molecule has 0 saturated heterocycles. The van der Waals surface area contributed by atoms with E-state index in [1.807, 2.05) is 0 Å². The number of carbonyl (C=O) groups is 2. The lowest BCUT2D eigenvalue weighted by molar-refractivity contribution is -0.139.